The van der Waals surface area contributed by atoms with E-state index in [0.29, 0.717) is 10.9 Å². The number of hydrogen-bond acceptors (Lipinski definition) is 1. The lowest BCUT2D eigenvalue weighted by Gasteiger charge is -2.13. The monoisotopic (exact) mass is 246 g/mol. The summed E-state index contributed by atoms with van der Waals surface area (Å²) in [5, 5.41) is 9.83. The standard InChI is InChI=1S/C15H15ClO/c1-10(2)12-5-3-4-6-13(12)11-7-8-15(17)14(16)9-11/h3-10,17H,1-2H3. The van der Waals surface area contributed by atoms with E-state index in [2.05, 4.69) is 26.0 Å². The van der Waals surface area contributed by atoms with Crippen molar-refractivity contribution in [2.24, 2.45) is 0 Å². The van der Waals surface area contributed by atoms with Crippen molar-refractivity contribution in [3.8, 4) is 16.9 Å². The molecule has 0 spiro atoms. The van der Waals surface area contributed by atoms with Crippen LogP contribution in [0.4, 0.5) is 0 Å². The first-order chi connectivity index (χ1) is 8.09. The van der Waals surface area contributed by atoms with Crippen LogP contribution < -0.4 is 0 Å². The van der Waals surface area contributed by atoms with E-state index in [1.54, 1.807) is 12.1 Å². The maximum absolute atomic E-state index is 9.44. The summed E-state index contributed by atoms with van der Waals surface area (Å²) < 4.78 is 0. The number of halogens is 1. The van der Waals surface area contributed by atoms with E-state index in [4.69, 9.17) is 11.6 Å². The van der Waals surface area contributed by atoms with Gasteiger partial charge in [-0.3, -0.25) is 0 Å². The second-order valence-electron chi connectivity index (χ2n) is 4.41. The van der Waals surface area contributed by atoms with Crippen LogP contribution in [0.2, 0.25) is 5.02 Å². The molecule has 0 saturated heterocycles. The van der Waals surface area contributed by atoms with Gasteiger partial charge in [0.25, 0.3) is 0 Å². The molecule has 0 fully saturated rings. The topological polar surface area (TPSA) is 20.2 Å². The maximum atomic E-state index is 9.44. The Bertz CT molecular complexity index is 532. The fourth-order valence-corrected chi connectivity index (χ4v) is 2.12. The van der Waals surface area contributed by atoms with Gasteiger partial charge in [-0.25, -0.2) is 0 Å². The number of aromatic hydroxyl groups is 1. The molecule has 2 aromatic carbocycles. The molecule has 17 heavy (non-hydrogen) atoms. The van der Waals surface area contributed by atoms with E-state index in [1.807, 2.05) is 18.2 Å². The molecule has 0 aliphatic rings. The summed E-state index contributed by atoms with van der Waals surface area (Å²) in [6, 6.07) is 13.6. The van der Waals surface area contributed by atoms with Gasteiger partial charge >= 0.3 is 0 Å². The highest BCUT2D eigenvalue weighted by atomic mass is 35.5. The third-order valence-corrected chi connectivity index (χ3v) is 3.14. The molecule has 2 rings (SSSR count). The predicted octanol–water partition coefficient (Wildman–Crippen LogP) is 4.84. The van der Waals surface area contributed by atoms with Gasteiger partial charge in [-0.2, -0.15) is 0 Å². The molecule has 88 valence electrons. The zero-order valence-corrected chi connectivity index (χ0v) is 10.7. The van der Waals surface area contributed by atoms with Crippen molar-refractivity contribution in [3.05, 3.63) is 53.1 Å². The first-order valence-electron chi connectivity index (χ1n) is 5.67. The second kappa shape index (κ2) is 4.80. The van der Waals surface area contributed by atoms with Gasteiger partial charge in [0.2, 0.25) is 0 Å². The van der Waals surface area contributed by atoms with Gasteiger partial charge < -0.3 is 5.11 Å². The predicted molar refractivity (Wildman–Crippen MR) is 72.6 cm³/mol. The molecule has 0 radical (unpaired) electrons. The van der Waals surface area contributed by atoms with Crippen LogP contribution in [0.1, 0.15) is 25.3 Å². The zero-order valence-electron chi connectivity index (χ0n) is 9.94. The quantitative estimate of drug-likeness (QED) is 0.804. The highest BCUT2D eigenvalue weighted by Gasteiger charge is 2.09. The molecule has 2 aromatic rings. The van der Waals surface area contributed by atoms with Crippen LogP contribution in [0, 0.1) is 0 Å². The average molecular weight is 247 g/mol. The Morgan fingerprint density at radius 1 is 1.06 bits per heavy atom. The molecular weight excluding hydrogens is 232 g/mol. The van der Waals surface area contributed by atoms with Crippen LogP contribution >= 0.6 is 11.6 Å². The third-order valence-electron chi connectivity index (χ3n) is 2.84. The normalized spacial score (nSPS) is 10.8. The Balaban J connectivity index is 2.56. The van der Waals surface area contributed by atoms with Crippen molar-refractivity contribution in [1.82, 2.24) is 0 Å². The van der Waals surface area contributed by atoms with E-state index in [0.717, 1.165) is 5.56 Å². The lowest BCUT2D eigenvalue weighted by Crippen LogP contribution is -1.91. The summed E-state index contributed by atoms with van der Waals surface area (Å²) in [6.45, 7) is 4.34. The Morgan fingerprint density at radius 2 is 1.76 bits per heavy atom. The smallest absolute Gasteiger partial charge is 0.134 e. The summed E-state index contributed by atoms with van der Waals surface area (Å²) in [7, 11) is 0. The van der Waals surface area contributed by atoms with Crippen molar-refractivity contribution in [2.75, 3.05) is 0 Å². The minimum atomic E-state index is 0.123. The third kappa shape index (κ3) is 2.45. The lowest BCUT2D eigenvalue weighted by atomic mass is 9.93. The fraction of sp³-hybridized carbons (Fsp3) is 0.200. The fourth-order valence-electron chi connectivity index (χ4n) is 1.94. The molecule has 0 aliphatic carbocycles. The molecule has 0 amide bonds. The summed E-state index contributed by atoms with van der Waals surface area (Å²) in [4.78, 5) is 0. The Kier molecular flexibility index (Phi) is 3.39. The van der Waals surface area contributed by atoms with Gasteiger partial charge in [0.1, 0.15) is 5.75 Å². The molecule has 0 aromatic heterocycles. The van der Waals surface area contributed by atoms with Crippen LogP contribution in [0.25, 0.3) is 11.1 Å². The Labute approximate surface area is 107 Å². The molecular formula is C15H15ClO. The Morgan fingerprint density at radius 3 is 2.41 bits per heavy atom. The van der Waals surface area contributed by atoms with Gasteiger partial charge in [-0.15, -0.1) is 0 Å². The van der Waals surface area contributed by atoms with Crippen molar-refractivity contribution in [3.63, 3.8) is 0 Å². The summed E-state index contributed by atoms with van der Waals surface area (Å²) in [5.41, 5.74) is 3.50. The van der Waals surface area contributed by atoms with Gasteiger partial charge in [-0.1, -0.05) is 55.8 Å². The van der Waals surface area contributed by atoms with Crippen molar-refractivity contribution in [1.29, 1.82) is 0 Å². The Hall–Kier alpha value is -1.47. The van der Waals surface area contributed by atoms with E-state index in [-0.39, 0.29) is 5.75 Å². The van der Waals surface area contributed by atoms with E-state index in [9.17, 15) is 5.11 Å². The lowest BCUT2D eigenvalue weighted by molar-refractivity contribution is 0.475. The first-order valence-corrected chi connectivity index (χ1v) is 6.05. The second-order valence-corrected chi connectivity index (χ2v) is 4.82. The van der Waals surface area contributed by atoms with Gasteiger partial charge in [0.15, 0.2) is 0 Å². The number of phenols is 1. The first kappa shape index (κ1) is 12.0. The molecule has 2 heteroatoms. The summed E-state index contributed by atoms with van der Waals surface area (Å²) >= 11 is 5.95. The van der Waals surface area contributed by atoms with Crippen molar-refractivity contribution < 1.29 is 5.11 Å². The van der Waals surface area contributed by atoms with Crippen molar-refractivity contribution in [2.45, 2.75) is 19.8 Å². The molecule has 1 nitrogen and oxygen atoms in total. The summed E-state index contributed by atoms with van der Waals surface area (Å²) in [5.74, 6) is 0.580. The van der Waals surface area contributed by atoms with Gasteiger partial charge in [-0.05, 0) is 34.7 Å². The SMILES string of the molecule is CC(C)c1ccccc1-c1ccc(O)c(Cl)c1. The molecule has 0 unspecified atom stereocenters. The molecule has 0 atom stereocenters. The van der Waals surface area contributed by atoms with Gasteiger partial charge in [0.05, 0.1) is 5.02 Å². The number of phenolic OH excluding ortho intramolecular Hbond substituents is 1. The van der Waals surface area contributed by atoms with Crippen LogP contribution in [-0.4, -0.2) is 5.11 Å². The summed E-state index contributed by atoms with van der Waals surface area (Å²) in [6.07, 6.45) is 0. The number of benzene rings is 2. The maximum Gasteiger partial charge on any atom is 0.134 e. The minimum Gasteiger partial charge on any atom is -0.506 e. The molecule has 0 aliphatic heterocycles. The van der Waals surface area contributed by atoms with Crippen LogP contribution in [-0.2, 0) is 0 Å². The van der Waals surface area contributed by atoms with E-state index < -0.39 is 0 Å². The minimum absolute atomic E-state index is 0.123. The average Bonchev–Trinajstić information content (AvgIpc) is 2.32. The highest BCUT2D eigenvalue weighted by Crippen LogP contribution is 2.33. The van der Waals surface area contributed by atoms with Crippen LogP contribution in [0.5, 0.6) is 5.75 Å². The highest BCUT2D eigenvalue weighted by molar-refractivity contribution is 6.32. The van der Waals surface area contributed by atoms with Crippen molar-refractivity contribution >= 4 is 11.6 Å². The molecule has 0 heterocycles. The number of rotatable bonds is 2. The van der Waals surface area contributed by atoms with Crippen LogP contribution in [0.3, 0.4) is 0 Å². The van der Waals surface area contributed by atoms with Crippen LogP contribution in [0.15, 0.2) is 42.5 Å². The van der Waals surface area contributed by atoms with E-state index in [1.165, 1.54) is 11.1 Å². The molecule has 0 bridgehead atoms. The van der Waals surface area contributed by atoms with Gasteiger partial charge in [0, 0.05) is 0 Å². The largest absolute Gasteiger partial charge is 0.506 e. The van der Waals surface area contributed by atoms with E-state index >= 15 is 0 Å². The molecule has 0 saturated carbocycles. The molecule has 1 N–H and O–H groups in total. The zero-order chi connectivity index (χ0) is 12.4. The number of hydrogen-bond donors (Lipinski definition) is 1.